The number of ether oxygens (including phenoxy) is 1. The molecule has 2 aromatic rings. The van der Waals surface area contributed by atoms with Crippen molar-refractivity contribution >= 4 is 11.8 Å². The third-order valence-electron chi connectivity index (χ3n) is 4.80. The summed E-state index contributed by atoms with van der Waals surface area (Å²) in [6.07, 6.45) is 0. The van der Waals surface area contributed by atoms with E-state index in [2.05, 4.69) is 10.2 Å². The lowest BCUT2D eigenvalue weighted by molar-refractivity contribution is 0.0383. The van der Waals surface area contributed by atoms with Crippen LogP contribution in [0.2, 0.25) is 0 Å². The molecule has 1 N–H and O–H groups in total. The first-order chi connectivity index (χ1) is 13.6. The number of benzene rings is 2. The fourth-order valence-corrected chi connectivity index (χ4v) is 3.20. The monoisotopic (exact) mass is 381 g/mol. The number of hydrogen-bond donors (Lipinski definition) is 1. The highest BCUT2D eigenvalue weighted by atomic mass is 16.5. The van der Waals surface area contributed by atoms with E-state index in [0.29, 0.717) is 24.2 Å². The summed E-state index contributed by atoms with van der Waals surface area (Å²) in [5, 5.41) is 2.94. The average molecular weight is 381 g/mol. The second-order valence-corrected chi connectivity index (χ2v) is 6.94. The van der Waals surface area contributed by atoms with Gasteiger partial charge in [0.25, 0.3) is 11.8 Å². The predicted octanol–water partition coefficient (Wildman–Crippen LogP) is 2.02. The van der Waals surface area contributed by atoms with Crippen LogP contribution in [0.3, 0.4) is 0 Å². The van der Waals surface area contributed by atoms with Crippen molar-refractivity contribution in [1.82, 2.24) is 15.1 Å². The first-order valence-electron chi connectivity index (χ1n) is 9.61. The van der Waals surface area contributed by atoms with Crippen molar-refractivity contribution in [3.8, 4) is 0 Å². The van der Waals surface area contributed by atoms with Gasteiger partial charge in [0, 0.05) is 50.9 Å². The van der Waals surface area contributed by atoms with Gasteiger partial charge in [-0.3, -0.25) is 14.5 Å². The molecular weight excluding hydrogens is 354 g/mol. The van der Waals surface area contributed by atoms with Gasteiger partial charge in [-0.05, 0) is 23.8 Å². The highest BCUT2D eigenvalue weighted by molar-refractivity contribution is 5.99. The van der Waals surface area contributed by atoms with E-state index in [-0.39, 0.29) is 11.8 Å². The minimum Gasteiger partial charge on any atom is -0.379 e. The van der Waals surface area contributed by atoms with Crippen molar-refractivity contribution in [2.75, 3.05) is 46.4 Å². The van der Waals surface area contributed by atoms with E-state index in [4.69, 9.17) is 4.74 Å². The van der Waals surface area contributed by atoms with Crippen molar-refractivity contribution < 1.29 is 14.3 Å². The topological polar surface area (TPSA) is 61.9 Å². The van der Waals surface area contributed by atoms with Crippen LogP contribution in [0.25, 0.3) is 0 Å². The van der Waals surface area contributed by atoms with Crippen LogP contribution < -0.4 is 5.32 Å². The van der Waals surface area contributed by atoms with Gasteiger partial charge in [-0.25, -0.2) is 0 Å². The summed E-state index contributed by atoms with van der Waals surface area (Å²) in [5.41, 5.74) is 2.08. The normalized spacial score (nSPS) is 14.5. The van der Waals surface area contributed by atoms with Gasteiger partial charge >= 0.3 is 0 Å². The van der Waals surface area contributed by atoms with Crippen LogP contribution in [-0.4, -0.2) is 68.1 Å². The summed E-state index contributed by atoms with van der Waals surface area (Å²) >= 11 is 0. The zero-order chi connectivity index (χ0) is 19.8. The first-order valence-corrected chi connectivity index (χ1v) is 9.61. The van der Waals surface area contributed by atoms with E-state index in [9.17, 15) is 9.59 Å². The molecule has 2 aromatic carbocycles. The van der Waals surface area contributed by atoms with Crippen LogP contribution in [0.15, 0.2) is 54.6 Å². The van der Waals surface area contributed by atoms with Crippen LogP contribution in [0.1, 0.15) is 26.3 Å². The molecule has 0 aromatic heterocycles. The Morgan fingerprint density at radius 2 is 1.75 bits per heavy atom. The fourth-order valence-electron chi connectivity index (χ4n) is 3.20. The van der Waals surface area contributed by atoms with Crippen molar-refractivity contribution in [3.63, 3.8) is 0 Å². The van der Waals surface area contributed by atoms with Crippen molar-refractivity contribution in [2.24, 2.45) is 0 Å². The third kappa shape index (κ3) is 5.65. The summed E-state index contributed by atoms with van der Waals surface area (Å²) in [4.78, 5) is 29.1. The Kier molecular flexibility index (Phi) is 7.17. The summed E-state index contributed by atoms with van der Waals surface area (Å²) in [5.74, 6) is -0.263. The predicted molar refractivity (Wildman–Crippen MR) is 108 cm³/mol. The number of amides is 2. The number of nitrogens with zero attached hydrogens (tertiary/aromatic N) is 2. The summed E-state index contributed by atoms with van der Waals surface area (Å²) < 4.78 is 5.32. The maximum Gasteiger partial charge on any atom is 0.253 e. The van der Waals surface area contributed by atoms with Crippen molar-refractivity contribution in [1.29, 1.82) is 0 Å². The molecule has 1 heterocycles. The molecule has 3 rings (SSSR count). The maximum atomic E-state index is 12.7. The molecule has 0 radical (unpaired) electrons. The summed E-state index contributed by atoms with van der Waals surface area (Å²) in [6, 6.07) is 16.7. The zero-order valence-corrected chi connectivity index (χ0v) is 16.3. The largest absolute Gasteiger partial charge is 0.379 e. The standard InChI is InChI=1S/C22H27N3O3/c1-24(17-18-6-3-2-4-7-18)22(27)20-9-5-8-19(16-20)21(26)23-10-11-25-12-14-28-15-13-25/h2-9,16H,10-15,17H2,1H3,(H,23,26). The Labute approximate surface area is 166 Å². The van der Waals surface area contributed by atoms with Crippen LogP contribution in [-0.2, 0) is 11.3 Å². The number of nitrogens with one attached hydrogen (secondary N) is 1. The van der Waals surface area contributed by atoms with E-state index in [1.165, 1.54) is 0 Å². The Bertz CT molecular complexity index is 789. The van der Waals surface area contributed by atoms with Crippen molar-refractivity contribution in [3.05, 3.63) is 71.3 Å². The van der Waals surface area contributed by atoms with E-state index < -0.39 is 0 Å². The molecule has 148 valence electrons. The van der Waals surface area contributed by atoms with Gasteiger partial charge in [-0.15, -0.1) is 0 Å². The van der Waals surface area contributed by atoms with E-state index >= 15 is 0 Å². The molecule has 0 bridgehead atoms. The van der Waals surface area contributed by atoms with Gasteiger partial charge in [-0.1, -0.05) is 36.4 Å². The van der Waals surface area contributed by atoms with Gasteiger partial charge in [0.15, 0.2) is 0 Å². The number of carbonyl (C=O) groups is 2. The summed E-state index contributed by atoms with van der Waals surface area (Å²) in [6.45, 7) is 5.18. The summed E-state index contributed by atoms with van der Waals surface area (Å²) in [7, 11) is 1.77. The van der Waals surface area contributed by atoms with Gasteiger partial charge in [0.05, 0.1) is 13.2 Å². The average Bonchev–Trinajstić information content (AvgIpc) is 2.74. The molecule has 0 saturated carbocycles. The van der Waals surface area contributed by atoms with Crippen LogP contribution in [0, 0.1) is 0 Å². The molecule has 0 aliphatic carbocycles. The van der Waals surface area contributed by atoms with E-state index in [1.807, 2.05) is 30.3 Å². The molecule has 0 spiro atoms. The van der Waals surface area contributed by atoms with Crippen LogP contribution in [0.4, 0.5) is 0 Å². The van der Waals surface area contributed by atoms with Gasteiger partial charge in [0.1, 0.15) is 0 Å². The molecule has 1 fully saturated rings. The molecule has 2 amide bonds. The maximum absolute atomic E-state index is 12.7. The minimum atomic E-state index is -0.159. The smallest absolute Gasteiger partial charge is 0.253 e. The Morgan fingerprint density at radius 1 is 1.04 bits per heavy atom. The second kappa shape index (κ2) is 10.0. The molecular formula is C22H27N3O3. The lowest BCUT2D eigenvalue weighted by Gasteiger charge is -2.26. The molecule has 0 atom stereocenters. The van der Waals surface area contributed by atoms with Crippen molar-refractivity contribution in [2.45, 2.75) is 6.54 Å². The number of hydrogen-bond acceptors (Lipinski definition) is 4. The van der Waals surface area contributed by atoms with Gasteiger partial charge in [0.2, 0.25) is 0 Å². The van der Waals surface area contributed by atoms with Crippen LogP contribution >= 0.6 is 0 Å². The molecule has 1 saturated heterocycles. The molecule has 1 aliphatic rings. The zero-order valence-electron chi connectivity index (χ0n) is 16.3. The molecule has 6 nitrogen and oxygen atoms in total. The minimum absolute atomic E-state index is 0.105. The van der Waals surface area contributed by atoms with Gasteiger partial charge < -0.3 is 15.0 Å². The van der Waals surface area contributed by atoms with E-state index in [0.717, 1.165) is 38.4 Å². The Morgan fingerprint density at radius 3 is 2.50 bits per heavy atom. The first kappa shape index (κ1) is 20.0. The lowest BCUT2D eigenvalue weighted by Crippen LogP contribution is -2.41. The highest BCUT2D eigenvalue weighted by Gasteiger charge is 2.15. The fraction of sp³-hybridized carbons (Fsp3) is 0.364. The molecule has 1 aliphatic heterocycles. The third-order valence-corrected chi connectivity index (χ3v) is 4.80. The lowest BCUT2D eigenvalue weighted by atomic mass is 10.1. The number of morpholine rings is 1. The highest BCUT2D eigenvalue weighted by Crippen LogP contribution is 2.11. The molecule has 6 heteroatoms. The Hall–Kier alpha value is -2.70. The molecule has 0 unspecified atom stereocenters. The SMILES string of the molecule is CN(Cc1ccccc1)C(=O)c1cccc(C(=O)NCCN2CCOCC2)c1. The molecule has 28 heavy (non-hydrogen) atoms. The Balaban J connectivity index is 1.54. The quantitative estimate of drug-likeness (QED) is 0.797. The van der Waals surface area contributed by atoms with Crippen LogP contribution in [0.5, 0.6) is 0 Å². The number of carbonyl (C=O) groups excluding carboxylic acids is 2. The number of rotatable bonds is 7. The second-order valence-electron chi connectivity index (χ2n) is 6.94. The van der Waals surface area contributed by atoms with E-state index in [1.54, 1.807) is 36.2 Å². The van der Waals surface area contributed by atoms with Gasteiger partial charge in [-0.2, -0.15) is 0 Å².